The number of benzene rings is 4. The number of fused-ring (bicyclic) bond motifs is 1. The number of hydrogen-bond donors (Lipinski definition) is 1. The highest BCUT2D eigenvalue weighted by Gasteiger charge is 2.18. The van der Waals surface area contributed by atoms with Gasteiger partial charge in [0.05, 0.1) is 6.21 Å². The molecule has 0 fully saturated rings. The highest BCUT2D eigenvalue weighted by Crippen LogP contribution is 2.31. The molecular weight excluding hydrogens is 518 g/mol. The molecule has 0 unspecified atom stereocenters. The fourth-order valence-electron chi connectivity index (χ4n) is 4.53. The van der Waals surface area contributed by atoms with Crippen LogP contribution >= 0.6 is 11.8 Å². The number of aryl methyl sites for hydroxylation is 1. The molecule has 0 aliphatic carbocycles. The Hall–Kier alpha value is -4.95. The van der Waals surface area contributed by atoms with E-state index in [0.29, 0.717) is 28.0 Å². The van der Waals surface area contributed by atoms with E-state index in [-0.39, 0.29) is 5.91 Å². The minimum Gasteiger partial charge on any atom is -0.448 e. The van der Waals surface area contributed by atoms with Crippen LogP contribution in [0.2, 0.25) is 0 Å². The van der Waals surface area contributed by atoms with Crippen LogP contribution in [0.5, 0.6) is 0 Å². The Morgan fingerprint density at radius 2 is 1.68 bits per heavy atom. The molecule has 0 radical (unpaired) electrons. The molecule has 1 amide bonds. The van der Waals surface area contributed by atoms with Gasteiger partial charge >= 0.3 is 0 Å². The van der Waals surface area contributed by atoms with Crippen LogP contribution < -0.4 is 5.43 Å². The third kappa shape index (κ3) is 5.43. The van der Waals surface area contributed by atoms with Crippen molar-refractivity contribution in [2.75, 3.05) is 0 Å². The SMILES string of the molecule is Cc1ccccc1C(=O)N/N=C\c1ccc(Sc2nnc(Cc3cccc4ccccc34)n2-c2ccccc2)o1. The monoisotopic (exact) mass is 543 g/mol. The standard InChI is InChI=1S/C32H25N5O2S/c1-22-10-5-7-16-27(22)31(38)35-33-21-26-18-19-30(39-26)40-32-36-34-29(37(32)25-14-3-2-4-15-25)20-24-13-9-12-23-11-6-8-17-28(23)24/h2-19,21H,20H2,1H3,(H,35,38)/b33-21-. The lowest BCUT2D eigenvalue weighted by atomic mass is 10.0. The Morgan fingerprint density at radius 3 is 2.55 bits per heavy atom. The third-order valence-electron chi connectivity index (χ3n) is 6.48. The summed E-state index contributed by atoms with van der Waals surface area (Å²) in [5, 5.41) is 16.9. The Balaban J connectivity index is 1.23. The highest BCUT2D eigenvalue weighted by atomic mass is 32.2. The van der Waals surface area contributed by atoms with Crippen LogP contribution in [0.1, 0.15) is 33.1 Å². The number of carbonyl (C=O) groups excluding carboxylic acids is 1. The van der Waals surface area contributed by atoms with Crippen molar-refractivity contribution in [1.29, 1.82) is 0 Å². The second-order valence-corrected chi connectivity index (χ2v) is 10.1. The van der Waals surface area contributed by atoms with Gasteiger partial charge in [-0.05, 0) is 70.9 Å². The number of rotatable bonds is 8. The predicted molar refractivity (Wildman–Crippen MR) is 157 cm³/mol. The first-order valence-corrected chi connectivity index (χ1v) is 13.6. The second kappa shape index (κ2) is 11.4. The fourth-order valence-corrected chi connectivity index (χ4v) is 5.36. The van der Waals surface area contributed by atoms with Gasteiger partial charge in [-0.25, -0.2) is 5.43 Å². The van der Waals surface area contributed by atoms with E-state index in [1.165, 1.54) is 34.3 Å². The molecule has 0 saturated carbocycles. The summed E-state index contributed by atoms with van der Waals surface area (Å²) in [4.78, 5) is 12.4. The second-order valence-electron chi connectivity index (χ2n) is 9.16. The molecule has 7 nitrogen and oxygen atoms in total. The van der Waals surface area contributed by atoms with Gasteiger partial charge in [0, 0.05) is 17.7 Å². The summed E-state index contributed by atoms with van der Waals surface area (Å²) in [5.41, 5.74) is 6.17. The van der Waals surface area contributed by atoms with Crippen LogP contribution in [-0.2, 0) is 6.42 Å². The van der Waals surface area contributed by atoms with Crippen LogP contribution in [0.15, 0.2) is 129 Å². The van der Waals surface area contributed by atoms with Crippen LogP contribution in [0.25, 0.3) is 16.5 Å². The highest BCUT2D eigenvalue weighted by molar-refractivity contribution is 7.99. The molecule has 2 heterocycles. The zero-order valence-corrected chi connectivity index (χ0v) is 22.5. The van der Waals surface area contributed by atoms with Crippen molar-refractivity contribution >= 4 is 34.7 Å². The number of nitrogens with zero attached hydrogens (tertiary/aromatic N) is 4. The number of amides is 1. The number of carbonyl (C=O) groups is 1. The van der Waals surface area contributed by atoms with Crippen molar-refractivity contribution in [3.63, 3.8) is 0 Å². The fraction of sp³-hybridized carbons (Fsp3) is 0.0625. The van der Waals surface area contributed by atoms with E-state index >= 15 is 0 Å². The lowest BCUT2D eigenvalue weighted by molar-refractivity contribution is 0.0954. The van der Waals surface area contributed by atoms with Crippen molar-refractivity contribution in [2.45, 2.75) is 23.6 Å². The molecule has 4 aromatic carbocycles. The number of hydrazone groups is 1. The number of aromatic nitrogens is 3. The summed E-state index contributed by atoms with van der Waals surface area (Å²) in [6, 6.07) is 35.8. The van der Waals surface area contributed by atoms with Crippen molar-refractivity contribution in [2.24, 2.45) is 5.10 Å². The molecule has 0 aliphatic rings. The number of furan rings is 1. The maximum atomic E-state index is 12.4. The van der Waals surface area contributed by atoms with Crippen LogP contribution in [-0.4, -0.2) is 26.9 Å². The van der Waals surface area contributed by atoms with Gasteiger partial charge in [-0.2, -0.15) is 5.10 Å². The first-order chi connectivity index (χ1) is 19.7. The summed E-state index contributed by atoms with van der Waals surface area (Å²) < 4.78 is 8.02. The molecule has 0 aliphatic heterocycles. The van der Waals surface area contributed by atoms with Gasteiger partial charge in [0.15, 0.2) is 5.09 Å². The van der Waals surface area contributed by atoms with Gasteiger partial charge < -0.3 is 4.42 Å². The summed E-state index contributed by atoms with van der Waals surface area (Å²) in [6.45, 7) is 1.89. The molecule has 6 aromatic rings. The molecule has 1 N–H and O–H groups in total. The molecule has 40 heavy (non-hydrogen) atoms. The number of hydrogen-bond acceptors (Lipinski definition) is 6. The van der Waals surface area contributed by atoms with Gasteiger partial charge in [0.1, 0.15) is 11.6 Å². The summed E-state index contributed by atoms with van der Waals surface area (Å²) >= 11 is 1.38. The molecular formula is C32H25N5O2S. The van der Waals surface area contributed by atoms with E-state index in [4.69, 9.17) is 4.42 Å². The van der Waals surface area contributed by atoms with Crippen molar-refractivity contribution in [3.8, 4) is 5.69 Å². The first-order valence-electron chi connectivity index (χ1n) is 12.8. The molecule has 2 aromatic heterocycles. The minimum atomic E-state index is -0.273. The number of para-hydroxylation sites is 1. The van der Waals surface area contributed by atoms with Crippen LogP contribution in [0.4, 0.5) is 0 Å². The predicted octanol–water partition coefficient (Wildman–Crippen LogP) is 6.83. The van der Waals surface area contributed by atoms with E-state index in [9.17, 15) is 4.79 Å². The van der Waals surface area contributed by atoms with Gasteiger partial charge in [0.2, 0.25) is 5.16 Å². The summed E-state index contributed by atoms with van der Waals surface area (Å²) in [6.07, 6.45) is 2.11. The molecule has 8 heteroatoms. The molecule has 6 rings (SSSR count). The maximum absolute atomic E-state index is 12.4. The Labute approximate surface area is 235 Å². The zero-order chi connectivity index (χ0) is 27.3. The van der Waals surface area contributed by atoms with Gasteiger partial charge in [0.25, 0.3) is 5.91 Å². The first kappa shape index (κ1) is 25.3. The smallest absolute Gasteiger partial charge is 0.271 e. The van der Waals surface area contributed by atoms with Gasteiger partial charge in [-0.15, -0.1) is 10.2 Å². The Bertz CT molecular complexity index is 1820. The molecule has 0 spiro atoms. The summed E-state index contributed by atoms with van der Waals surface area (Å²) in [7, 11) is 0. The molecule has 0 bridgehead atoms. The van der Waals surface area contributed by atoms with Crippen LogP contribution in [0, 0.1) is 6.92 Å². The minimum absolute atomic E-state index is 0.273. The normalized spacial score (nSPS) is 11.3. The maximum Gasteiger partial charge on any atom is 0.271 e. The summed E-state index contributed by atoms with van der Waals surface area (Å²) in [5.74, 6) is 1.07. The van der Waals surface area contributed by atoms with E-state index in [0.717, 1.165) is 17.1 Å². The van der Waals surface area contributed by atoms with Crippen molar-refractivity contribution in [3.05, 3.63) is 137 Å². The molecule has 0 atom stereocenters. The van der Waals surface area contributed by atoms with Crippen molar-refractivity contribution in [1.82, 2.24) is 20.2 Å². The van der Waals surface area contributed by atoms with Gasteiger partial charge in [-0.1, -0.05) is 78.9 Å². The zero-order valence-electron chi connectivity index (χ0n) is 21.7. The Morgan fingerprint density at radius 1 is 0.900 bits per heavy atom. The lowest BCUT2D eigenvalue weighted by Crippen LogP contribution is -2.18. The van der Waals surface area contributed by atoms with E-state index in [1.54, 1.807) is 12.1 Å². The average molecular weight is 544 g/mol. The van der Waals surface area contributed by atoms with Crippen molar-refractivity contribution < 1.29 is 9.21 Å². The van der Waals surface area contributed by atoms with E-state index < -0.39 is 0 Å². The molecule has 196 valence electrons. The van der Waals surface area contributed by atoms with E-state index in [2.05, 4.69) is 61.7 Å². The van der Waals surface area contributed by atoms with Gasteiger partial charge in [-0.3, -0.25) is 9.36 Å². The molecule has 0 saturated heterocycles. The number of nitrogens with one attached hydrogen (secondary N) is 1. The quantitative estimate of drug-likeness (QED) is 0.168. The Kier molecular flexibility index (Phi) is 7.24. The lowest BCUT2D eigenvalue weighted by Gasteiger charge is -2.11. The topological polar surface area (TPSA) is 85.3 Å². The van der Waals surface area contributed by atoms with E-state index in [1.807, 2.05) is 67.6 Å². The van der Waals surface area contributed by atoms with Crippen LogP contribution in [0.3, 0.4) is 0 Å². The largest absolute Gasteiger partial charge is 0.448 e. The average Bonchev–Trinajstić information content (AvgIpc) is 3.60. The third-order valence-corrected chi connectivity index (χ3v) is 7.35.